The van der Waals surface area contributed by atoms with Crippen molar-refractivity contribution >= 4 is 17.3 Å². The molecule has 104 valence electrons. The lowest BCUT2D eigenvalue weighted by Crippen LogP contribution is -2.12. The summed E-state index contributed by atoms with van der Waals surface area (Å²) in [5.41, 5.74) is 8.92. The maximum atomic E-state index is 12.1. The van der Waals surface area contributed by atoms with Crippen molar-refractivity contribution in [1.29, 1.82) is 0 Å². The van der Waals surface area contributed by atoms with Gasteiger partial charge in [0.1, 0.15) is 5.75 Å². The van der Waals surface area contributed by atoms with E-state index in [4.69, 9.17) is 10.5 Å². The predicted molar refractivity (Wildman–Crippen MR) is 81.2 cm³/mol. The van der Waals surface area contributed by atoms with Crippen molar-refractivity contribution in [2.45, 2.75) is 13.3 Å². The van der Waals surface area contributed by atoms with Crippen LogP contribution in [0.3, 0.4) is 0 Å². The number of amides is 1. The summed E-state index contributed by atoms with van der Waals surface area (Å²) in [4.78, 5) is 12.1. The Morgan fingerprint density at radius 3 is 2.70 bits per heavy atom. The summed E-state index contributed by atoms with van der Waals surface area (Å²) in [6.07, 6.45) is 0.871. The number of carbonyl (C=O) groups excluding carboxylic acids is 1. The Labute approximate surface area is 118 Å². The van der Waals surface area contributed by atoms with Crippen LogP contribution in [0.2, 0.25) is 0 Å². The monoisotopic (exact) mass is 270 g/mol. The molecular weight excluding hydrogens is 252 g/mol. The van der Waals surface area contributed by atoms with Gasteiger partial charge in [-0.05, 0) is 42.3 Å². The first-order chi connectivity index (χ1) is 9.63. The molecule has 0 aliphatic rings. The molecule has 0 saturated carbocycles. The summed E-state index contributed by atoms with van der Waals surface area (Å²) < 4.78 is 5.10. The molecule has 2 aromatic rings. The number of nitrogens with one attached hydrogen (secondary N) is 1. The van der Waals surface area contributed by atoms with E-state index in [9.17, 15) is 4.79 Å². The van der Waals surface area contributed by atoms with Crippen LogP contribution < -0.4 is 15.8 Å². The number of nitrogens with two attached hydrogens (primary N) is 1. The van der Waals surface area contributed by atoms with Gasteiger partial charge in [0.25, 0.3) is 5.91 Å². The highest BCUT2D eigenvalue weighted by Gasteiger charge is 2.08. The lowest BCUT2D eigenvalue weighted by molar-refractivity contribution is 0.102. The standard InChI is InChI=1S/C16H18N2O2/c1-3-11-7-8-13(10-15(11)17)18-16(19)12-5-4-6-14(9-12)20-2/h4-10H,3,17H2,1-2H3,(H,18,19). The molecule has 0 aliphatic heterocycles. The van der Waals surface area contributed by atoms with Gasteiger partial charge >= 0.3 is 0 Å². The number of hydrogen-bond donors (Lipinski definition) is 2. The van der Waals surface area contributed by atoms with Crippen molar-refractivity contribution in [3.05, 3.63) is 53.6 Å². The average Bonchev–Trinajstić information content (AvgIpc) is 2.47. The van der Waals surface area contributed by atoms with E-state index >= 15 is 0 Å². The highest BCUT2D eigenvalue weighted by Crippen LogP contribution is 2.20. The normalized spacial score (nSPS) is 10.1. The molecule has 0 aliphatic carbocycles. The zero-order valence-electron chi connectivity index (χ0n) is 11.6. The number of nitrogen functional groups attached to an aromatic ring is 1. The summed E-state index contributed by atoms with van der Waals surface area (Å²) in [5.74, 6) is 0.464. The van der Waals surface area contributed by atoms with Crippen molar-refractivity contribution in [3.63, 3.8) is 0 Å². The van der Waals surface area contributed by atoms with Crippen molar-refractivity contribution in [1.82, 2.24) is 0 Å². The molecule has 0 radical (unpaired) electrons. The van der Waals surface area contributed by atoms with Gasteiger partial charge in [0, 0.05) is 16.9 Å². The van der Waals surface area contributed by atoms with Gasteiger partial charge in [0.05, 0.1) is 7.11 Å². The molecule has 3 N–H and O–H groups in total. The lowest BCUT2D eigenvalue weighted by Gasteiger charge is -2.09. The average molecular weight is 270 g/mol. The Morgan fingerprint density at radius 1 is 1.25 bits per heavy atom. The Balaban J connectivity index is 2.16. The van der Waals surface area contributed by atoms with E-state index < -0.39 is 0 Å². The molecule has 0 heterocycles. The maximum absolute atomic E-state index is 12.1. The summed E-state index contributed by atoms with van der Waals surface area (Å²) in [6, 6.07) is 12.6. The number of hydrogen-bond acceptors (Lipinski definition) is 3. The number of methoxy groups -OCH3 is 1. The first-order valence-corrected chi connectivity index (χ1v) is 6.48. The number of rotatable bonds is 4. The van der Waals surface area contributed by atoms with Crippen LogP contribution in [-0.2, 0) is 6.42 Å². The topological polar surface area (TPSA) is 64.3 Å². The van der Waals surface area contributed by atoms with Crippen molar-refractivity contribution < 1.29 is 9.53 Å². The van der Waals surface area contributed by atoms with Gasteiger partial charge in [-0.15, -0.1) is 0 Å². The van der Waals surface area contributed by atoms with Crippen molar-refractivity contribution in [2.75, 3.05) is 18.2 Å². The molecule has 2 aromatic carbocycles. The molecule has 0 unspecified atom stereocenters. The number of carbonyl (C=O) groups is 1. The lowest BCUT2D eigenvalue weighted by atomic mass is 10.1. The number of ether oxygens (including phenoxy) is 1. The smallest absolute Gasteiger partial charge is 0.255 e. The fourth-order valence-electron chi connectivity index (χ4n) is 1.96. The van der Waals surface area contributed by atoms with Gasteiger partial charge < -0.3 is 15.8 Å². The van der Waals surface area contributed by atoms with Crippen LogP contribution in [0.5, 0.6) is 5.75 Å². The SMILES string of the molecule is CCc1ccc(NC(=O)c2cccc(OC)c2)cc1N. The van der Waals surface area contributed by atoms with Crippen LogP contribution in [0.4, 0.5) is 11.4 Å². The van der Waals surface area contributed by atoms with Crippen molar-refractivity contribution in [3.8, 4) is 5.75 Å². The molecule has 0 saturated heterocycles. The molecule has 0 aromatic heterocycles. The van der Waals surface area contributed by atoms with Crippen LogP contribution in [-0.4, -0.2) is 13.0 Å². The minimum atomic E-state index is -0.187. The second-order valence-electron chi connectivity index (χ2n) is 4.45. The number of benzene rings is 2. The van der Waals surface area contributed by atoms with E-state index in [1.165, 1.54) is 0 Å². The molecule has 0 atom stereocenters. The molecule has 2 rings (SSSR count). The highest BCUT2D eigenvalue weighted by atomic mass is 16.5. The van der Waals surface area contributed by atoms with E-state index in [0.717, 1.165) is 12.0 Å². The fourth-order valence-corrected chi connectivity index (χ4v) is 1.96. The fraction of sp³-hybridized carbons (Fsp3) is 0.188. The molecule has 20 heavy (non-hydrogen) atoms. The quantitative estimate of drug-likeness (QED) is 0.839. The summed E-state index contributed by atoms with van der Waals surface area (Å²) in [6.45, 7) is 2.04. The second-order valence-corrected chi connectivity index (χ2v) is 4.45. The Kier molecular flexibility index (Phi) is 4.25. The third-order valence-electron chi connectivity index (χ3n) is 3.12. The van der Waals surface area contributed by atoms with Crippen LogP contribution in [0.15, 0.2) is 42.5 Å². The zero-order valence-corrected chi connectivity index (χ0v) is 11.6. The molecule has 1 amide bonds. The Hall–Kier alpha value is -2.49. The van der Waals surface area contributed by atoms with Gasteiger partial charge in [-0.2, -0.15) is 0 Å². The predicted octanol–water partition coefficient (Wildman–Crippen LogP) is 3.09. The van der Waals surface area contributed by atoms with E-state index in [0.29, 0.717) is 22.7 Å². The van der Waals surface area contributed by atoms with Crippen LogP contribution in [0, 0.1) is 0 Å². The minimum absolute atomic E-state index is 0.187. The van der Waals surface area contributed by atoms with Crippen LogP contribution >= 0.6 is 0 Å². The van der Waals surface area contributed by atoms with Crippen molar-refractivity contribution in [2.24, 2.45) is 0 Å². The minimum Gasteiger partial charge on any atom is -0.497 e. The molecule has 0 fully saturated rings. The third kappa shape index (κ3) is 3.09. The van der Waals surface area contributed by atoms with Gasteiger partial charge in [-0.3, -0.25) is 4.79 Å². The van der Waals surface area contributed by atoms with Crippen LogP contribution in [0.1, 0.15) is 22.8 Å². The highest BCUT2D eigenvalue weighted by molar-refractivity contribution is 6.04. The molecular formula is C16H18N2O2. The summed E-state index contributed by atoms with van der Waals surface area (Å²) >= 11 is 0. The van der Waals surface area contributed by atoms with Gasteiger partial charge in [0.2, 0.25) is 0 Å². The van der Waals surface area contributed by atoms with Gasteiger partial charge in [-0.1, -0.05) is 19.1 Å². The zero-order chi connectivity index (χ0) is 14.5. The summed E-state index contributed by atoms with van der Waals surface area (Å²) in [5, 5.41) is 2.83. The first kappa shape index (κ1) is 13.9. The van der Waals surface area contributed by atoms with E-state index in [2.05, 4.69) is 5.32 Å². The van der Waals surface area contributed by atoms with Gasteiger partial charge in [-0.25, -0.2) is 0 Å². The number of anilines is 2. The second kappa shape index (κ2) is 6.10. The van der Waals surface area contributed by atoms with Crippen LogP contribution in [0.25, 0.3) is 0 Å². The Bertz CT molecular complexity index is 624. The molecule has 4 nitrogen and oxygen atoms in total. The maximum Gasteiger partial charge on any atom is 0.255 e. The Morgan fingerprint density at radius 2 is 2.05 bits per heavy atom. The largest absolute Gasteiger partial charge is 0.497 e. The first-order valence-electron chi connectivity index (χ1n) is 6.48. The van der Waals surface area contributed by atoms with E-state index in [1.54, 1.807) is 37.4 Å². The van der Waals surface area contributed by atoms with Gasteiger partial charge in [0.15, 0.2) is 0 Å². The third-order valence-corrected chi connectivity index (χ3v) is 3.12. The van der Waals surface area contributed by atoms with E-state index in [1.807, 2.05) is 19.1 Å². The molecule has 4 heteroatoms. The van der Waals surface area contributed by atoms with E-state index in [-0.39, 0.29) is 5.91 Å². The molecule has 0 bridgehead atoms. The number of aryl methyl sites for hydroxylation is 1. The molecule has 0 spiro atoms. The summed E-state index contributed by atoms with van der Waals surface area (Å²) in [7, 11) is 1.57.